The van der Waals surface area contributed by atoms with Crippen molar-refractivity contribution in [3.05, 3.63) is 0 Å². The second-order valence-corrected chi connectivity index (χ2v) is 7.55. The lowest BCUT2D eigenvalue weighted by Crippen LogP contribution is -2.51. The summed E-state index contributed by atoms with van der Waals surface area (Å²) in [5.41, 5.74) is -0.601. The van der Waals surface area contributed by atoms with Gasteiger partial charge >= 0.3 is 0 Å². The Morgan fingerprint density at radius 2 is 1.79 bits per heavy atom. The Bertz CT molecular complexity index is 400. The van der Waals surface area contributed by atoms with Crippen molar-refractivity contribution in [1.29, 1.82) is 0 Å². The Morgan fingerprint density at radius 1 is 1.21 bits per heavy atom. The van der Waals surface area contributed by atoms with Crippen LogP contribution in [0.1, 0.15) is 33.1 Å². The van der Waals surface area contributed by atoms with Gasteiger partial charge in [-0.2, -0.15) is 0 Å². The SMILES string of the molecule is CC(C)(CNCC(=O)N1CCCCC1)NS(C)(=O)=O. The molecule has 112 valence electrons. The van der Waals surface area contributed by atoms with Gasteiger partial charge < -0.3 is 10.2 Å². The van der Waals surface area contributed by atoms with E-state index in [1.54, 1.807) is 13.8 Å². The third kappa shape index (κ3) is 6.89. The molecule has 0 spiro atoms. The molecule has 19 heavy (non-hydrogen) atoms. The molecule has 0 atom stereocenters. The molecule has 1 aliphatic heterocycles. The van der Waals surface area contributed by atoms with E-state index in [9.17, 15) is 13.2 Å². The van der Waals surface area contributed by atoms with Gasteiger partial charge in [-0.25, -0.2) is 13.1 Å². The number of nitrogens with zero attached hydrogens (tertiary/aromatic N) is 1. The number of sulfonamides is 1. The summed E-state index contributed by atoms with van der Waals surface area (Å²) < 4.78 is 24.9. The van der Waals surface area contributed by atoms with Gasteiger partial charge in [-0.05, 0) is 33.1 Å². The van der Waals surface area contributed by atoms with Crippen LogP contribution >= 0.6 is 0 Å². The molecule has 7 heteroatoms. The first-order valence-electron chi connectivity index (χ1n) is 6.67. The summed E-state index contributed by atoms with van der Waals surface area (Å²) in [4.78, 5) is 13.8. The highest BCUT2D eigenvalue weighted by Crippen LogP contribution is 2.08. The van der Waals surface area contributed by atoms with Gasteiger partial charge in [-0.1, -0.05) is 0 Å². The van der Waals surface area contributed by atoms with E-state index in [0.29, 0.717) is 6.54 Å². The fourth-order valence-corrected chi connectivity index (χ4v) is 3.35. The predicted octanol–water partition coefficient (Wildman–Crippen LogP) is -0.0837. The van der Waals surface area contributed by atoms with Gasteiger partial charge in [-0.15, -0.1) is 0 Å². The van der Waals surface area contributed by atoms with Crippen molar-refractivity contribution in [2.24, 2.45) is 0 Å². The van der Waals surface area contributed by atoms with Gasteiger partial charge in [0, 0.05) is 25.2 Å². The zero-order chi connectivity index (χ0) is 14.5. The fraction of sp³-hybridized carbons (Fsp3) is 0.917. The molecule has 1 amide bonds. The number of piperidine rings is 1. The van der Waals surface area contributed by atoms with Crippen molar-refractivity contribution in [2.75, 3.05) is 32.4 Å². The maximum absolute atomic E-state index is 11.9. The molecule has 2 N–H and O–H groups in total. The van der Waals surface area contributed by atoms with Crippen molar-refractivity contribution in [2.45, 2.75) is 38.6 Å². The zero-order valence-electron chi connectivity index (χ0n) is 12.0. The first-order valence-corrected chi connectivity index (χ1v) is 8.56. The molecule has 0 saturated carbocycles. The van der Waals surface area contributed by atoms with Gasteiger partial charge in [0.15, 0.2) is 0 Å². The van der Waals surface area contributed by atoms with Crippen LogP contribution < -0.4 is 10.0 Å². The lowest BCUT2D eigenvalue weighted by Gasteiger charge is -2.28. The molecule has 0 aromatic heterocycles. The summed E-state index contributed by atoms with van der Waals surface area (Å²) in [6, 6.07) is 0. The van der Waals surface area contributed by atoms with E-state index >= 15 is 0 Å². The van der Waals surface area contributed by atoms with E-state index in [-0.39, 0.29) is 12.5 Å². The van der Waals surface area contributed by atoms with E-state index in [0.717, 1.165) is 32.2 Å². The minimum atomic E-state index is -3.24. The van der Waals surface area contributed by atoms with Gasteiger partial charge in [-0.3, -0.25) is 4.79 Å². The lowest BCUT2D eigenvalue weighted by atomic mass is 10.1. The highest BCUT2D eigenvalue weighted by atomic mass is 32.2. The number of amides is 1. The van der Waals surface area contributed by atoms with Crippen LogP contribution in [-0.2, 0) is 14.8 Å². The molecule has 1 aliphatic rings. The molecule has 0 aliphatic carbocycles. The molecule has 0 aromatic rings. The van der Waals surface area contributed by atoms with Gasteiger partial charge in [0.25, 0.3) is 0 Å². The van der Waals surface area contributed by atoms with Crippen molar-refractivity contribution >= 4 is 15.9 Å². The second kappa shape index (κ2) is 6.67. The first-order chi connectivity index (χ1) is 8.70. The van der Waals surface area contributed by atoms with Crippen LogP contribution in [0.15, 0.2) is 0 Å². The first kappa shape index (κ1) is 16.4. The summed E-state index contributed by atoms with van der Waals surface area (Å²) in [5, 5.41) is 3.03. The fourth-order valence-electron chi connectivity index (χ4n) is 2.28. The van der Waals surface area contributed by atoms with Crippen molar-refractivity contribution in [3.8, 4) is 0 Å². The third-order valence-corrected chi connectivity index (χ3v) is 3.94. The average Bonchev–Trinajstić information content (AvgIpc) is 2.26. The minimum Gasteiger partial charge on any atom is -0.342 e. The molecule has 1 heterocycles. The Labute approximate surface area is 116 Å². The van der Waals surface area contributed by atoms with Gasteiger partial charge in [0.05, 0.1) is 12.8 Å². The number of hydrogen-bond donors (Lipinski definition) is 2. The molecular formula is C12H25N3O3S. The van der Waals surface area contributed by atoms with E-state index < -0.39 is 15.6 Å². The summed E-state index contributed by atoms with van der Waals surface area (Å²) in [6.45, 7) is 5.92. The van der Waals surface area contributed by atoms with E-state index in [2.05, 4.69) is 10.0 Å². The standard InChI is InChI=1S/C12H25N3O3S/c1-12(2,14-19(3,17)18)10-13-9-11(16)15-7-5-4-6-8-15/h13-14H,4-10H2,1-3H3. The monoisotopic (exact) mass is 291 g/mol. The van der Waals surface area contributed by atoms with Crippen LogP contribution in [0.5, 0.6) is 0 Å². The molecule has 6 nitrogen and oxygen atoms in total. The topological polar surface area (TPSA) is 78.5 Å². The molecule has 1 saturated heterocycles. The number of rotatable bonds is 6. The van der Waals surface area contributed by atoms with Crippen LogP contribution in [0.25, 0.3) is 0 Å². The Hall–Kier alpha value is -0.660. The molecule has 1 rings (SSSR count). The van der Waals surface area contributed by atoms with Gasteiger partial charge in [0.2, 0.25) is 15.9 Å². The average molecular weight is 291 g/mol. The minimum absolute atomic E-state index is 0.0925. The van der Waals surface area contributed by atoms with Crippen LogP contribution in [-0.4, -0.2) is 57.2 Å². The molecule has 0 unspecified atom stereocenters. The second-order valence-electron chi connectivity index (χ2n) is 5.80. The molecule has 0 radical (unpaired) electrons. The number of carbonyl (C=O) groups is 1. The summed E-state index contributed by atoms with van der Waals surface area (Å²) >= 11 is 0. The van der Waals surface area contributed by atoms with E-state index in [1.165, 1.54) is 6.42 Å². The van der Waals surface area contributed by atoms with E-state index in [1.807, 2.05) is 4.90 Å². The zero-order valence-corrected chi connectivity index (χ0v) is 12.8. The largest absolute Gasteiger partial charge is 0.342 e. The Balaban J connectivity index is 2.30. The van der Waals surface area contributed by atoms with E-state index in [4.69, 9.17) is 0 Å². The lowest BCUT2D eigenvalue weighted by molar-refractivity contribution is -0.131. The molecule has 1 fully saturated rings. The van der Waals surface area contributed by atoms with Crippen molar-refractivity contribution in [1.82, 2.24) is 14.9 Å². The molecule has 0 aromatic carbocycles. The van der Waals surface area contributed by atoms with Gasteiger partial charge in [0.1, 0.15) is 0 Å². The smallest absolute Gasteiger partial charge is 0.236 e. The normalized spacial score (nSPS) is 17.5. The van der Waals surface area contributed by atoms with Crippen molar-refractivity contribution in [3.63, 3.8) is 0 Å². The number of likely N-dealkylation sites (tertiary alicyclic amines) is 1. The third-order valence-electron chi connectivity index (χ3n) is 3.01. The highest BCUT2D eigenvalue weighted by molar-refractivity contribution is 7.88. The van der Waals surface area contributed by atoms with Crippen molar-refractivity contribution < 1.29 is 13.2 Å². The number of hydrogen-bond acceptors (Lipinski definition) is 4. The Morgan fingerprint density at radius 3 is 2.32 bits per heavy atom. The summed E-state index contributed by atoms with van der Waals surface area (Å²) in [5.74, 6) is 0.0925. The van der Waals surface area contributed by atoms with Crippen LogP contribution in [0.3, 0.4) is 0 Å². The maximum atomic E-state index is 11.9. The molecule has 0 bridgehead atoms. The van der Waals surface area contributed by atoms with Crippen LogP contribution in [0.2, 0.25) is 0 Å². The predicted molar refractivity (Wildman–Crippen MR) is 75.4 cm³/mol. The summed E-state index contributed by atoms with van der Waals surface area (Å²) in [7, 11) is -3.24. The number of carbonyl (C=O) groups excluding carboxylic acids is 1. The van der Waals surface area contributed by atoms with Crippen LogP contribution in [0.4, 0.5) is 0 Å². The maximum Gasteiger partial charge on any atom is 0.236 e. The quantitative estimate of drug-likeness (QED) is 0.717. The highest BCUT2D eigenvalue weighted by Gasteiger charge is 2.22. The summed E-state index contributed by atoms with van der Waals surface area (Å²) in [6.07, 6.45) is 4.48. The van der Waals surface area contributed by atoms with Crippen LogP contribution in [0, 0.1) is 0 Å². The molecular weight excluding hydrogens is 266 g/mol. The number of nitrogens with one attached hydrogen (secondary N) is 2. The Kier molecular flexibility index (Phi) is 5.76.